The molecule has 2 aromatic carbocycles. The van der Waals surface area contributed by atoms with E-state index in [1.807, 2.05) is 19.1 Å². The molecule has 1 aliphatic rings. The van der Waals surface area contributed by atoms with E-state index in [1.54, 1.807) is 6.07 Å². The number of azo groups is 1. The van der Waals surface area contributed by atoms with E-state index in [4.69, 9.17) is 0 Å². The summed E-state index contributed by atoms with van der Waals surface area (Å²) in [7, 11) is 0. The lowest BCUT2D eigenvalue weighted by Crippen LogP contribution is -2.29. The number of hydrazone groups is 1. The Bertz CT molecular complexity index is 1090. The van der Waals surface area contributed by atoms with Crippen molar-refractivity contribution in [3.63, 3.8) is 0 Å². The highest BCUT2D eigenvalue weighted by molar-refractivity contribution is 8.14. The SMILES string of the molecule is CC1SC(=O)NN=C1c1ccc2[nH]c(O)c(N=Nc3ccc(F)cc3)c2c1. The van der Waals surface area contributed by atoms with Gasteiger partial charge < -0.3 is 10.1 Å². The Morgan fingerprint density at radius 1 is 1.19 bits per heavy atom. The maximum absolute atomic E-state index is 13.0. The van der Waals surface area contributed by atoms with Crippen LogP contribution in [0.4, 0.5) is 20.6 Å². The molecule has 7 nitrogen and oxygen atoms in total. The van der Waals surface area contributed by atoms with Crippen LogP contribution in [-0.2, 0) is 0 Å². The number of benzene rings is 2. The van der Waals surface area contributed by atoms with Gasteiger partial charge in [-0.05, 0) is 48.9 Å². The fraction of sp³-hybridized carbons (Fsp3) is 0.111. The molecule has 0 saturated heterocycles. The minimum absolute atomic E-state index is 0.104. The van der Waals surface area contributed by atoms with Crippen LogP contribution in [-0.4, -0.2) is 26.3 Å². The van der Waals surface area contributed by atoms with Crippen molar-refractivity contribution in [3.8, 4) is 5.88 Å². The molecule has 0 spiro atoms. The van der Waals surface area contributed by atoms with Gasteiger partial charge in [0.1, 0.15) is 5.82 Å². The number of aromatic nitrogens is 1. The summed E-state index contributed by atoms with van der Waals surface area (Å²) in [4.78, 5) is 14.3. The van der Waals surface area contributed by atoms with Crippen LogP contribution in [0.15, 0.2) is 57.8 Å². The van der Waals surface area contributed by atoms with Crippen LogP contribution in [0.5, 0.6) is 5.88 Å². The topological polar surface area (TPSA) is 102 Å². The lowest BCUT2D eigenvalue weighted by atomic mass is 10.1. The number of hydrogen-bond acceptors (Lipinski definition) is 6. The van der Waals surface area contributed by atoms with E-state index in [0.717, 1.165) is 23.0 Å². The number of carbonyl (C=O) groups is 1. The zero-order valence-electron chi connectivity index (χ0n) is 14.1. The third-order valence-corrected chi connectivity index (χ3v) is 4.96. The second-order valence-electron chi connectivity index (χ2n) is 5.92. The van der Waals surface area contributed by atoms with Gasteiger partial charge in [-0.3, -0.25) is 4.79 Å². The molecular formula is C18H14FN5O2S. The van der Waals surface area contributed by atoms with Crippen molar-refractivity contribution in [2.24, 2.45) is 15.3 Å². The second-order valence-corrected chi connectivity index (χ2v) is 7.23. The van der Waals surface area contributed by atoms with Gasteiger partial charge in [0.2, 0.25) is 5.88 Å². The smallest absolute Gasteiger partial charge is 0.299 e. The predicted molar refractivity (Wildman–Crippen MR) is 103 cm³/mol. The second kappa shape index (κ2) is 6.84. The van der Waals surface area contributed by atoms with E-state index < -0.39 is 0 Å². The molecule has 0 saturated carbocycles. The van der Waals surface area contributed by atoms with Crippen LogP contribution in [0.2, 0.25) is 0 Å². The molecule has 1 aromatic heterocycles. The normalized spacial score (nSPS) is 17.3. The summed E-state index contributed by atoms with van der Waals surface area (Å²) in [6.45, 7) is 1.90. The number of fused-ring (bicyclic) bond motifs is 1. The zero-order chi connectivity index (χ0) is 19.0. The van der Waals surface area contributed by atoms with Crippen LogP contribution in [0.25, 0.3) is 10.9 Å². The molecule has 2 heterocycles. The van der Waals surface area contributed by atoms with E-state index in [-0.39, 0.29) is 27.9 Å². The molecule has 0 aliphatic carbocycles. The largest absolute Gasteiger partial charge is 0.493 e. The monoisotopic (exact) mass is 383 g/mol. The van der Waals surface area contributed by atoms with Crippen molar-refractivity contribution in [3.05, 3.63) is 53.8 Å². The molecule has 1 amide bonds. The summed E-state index contributed by atoms with van der Waals surface area (Å²) in [5.74, 6) is -0.477. The minimum Gasteiger partial charge on any atom is -0.493 e. The van der Waals surface area contributed by atoms with E-state index >= 15 is 0 Å². The first-order valence-corrected chi connectivity index (χ1v) is 8.96. The molecule has 0 fully saturated rings. The molecule has 0 radical (unpaired) electrons. The number of thioether (sulfide) groups is 1. The highest BCUT2D eigenvalue weighted by Gasteiger charge is 2.23. The van der Waals surface area contributed by atoms with E-state index in [9.17, 15) is 14.3 Å². The third-order valence-electron chi connectivity index (χ3n) is 4.08. The number of hydrogen-bond donors (Lipinski definition) is 3. The first-order chi connectivity index (χ1) is 13.0. The molecule has 1 aliphatic heterocycles. The summed E-state index contributed by atoms with van der Waals surface area (Å²) in [6.07, 6.45) is 0. The summed E-state index contributed by atoms with van der Waals surface area (Å²) < 4.78 is 13.0. The van der Waals surface area contributed by atoms with Gasteiger partial charge in [0, 0.05) is 5.39 Å². The lowest BCUT2D eigenvalue weighted by molar-refractivity contribution is 0.261. The number of H-pyrrole nitrogens is 1. The van der Waals surface area contributed by atoms with Crippen LogP contribution in [0.1, 0.15) is 12.5 Å². The minimum atomic E-state index is -0.360. The standard InChI is InChI=1S/C18H14FN5O2S/c1-9-15(22-24-18(26)27-9)10-2-7-14-13(8-10)16(17(25)20-14)23-21-12-5-3-11(19)4-6-12/h2-9,20,25H,1H3,(H,24,26). The van der Waals surface area contributed by atoms with Crippen molar-refractivity contribution >= 4 is 45.0 Å². The maximum atomic E-state index is 13.0. The Hall–Kier alpha value is -3.20. The first-order valence-electron chi connectivity index (χ1n) is 8.08. The van der Waals surface area contributed by atoms with Gasteiger partial charge in [0.15, 0.2) is 5.69 Å². The number of amides is 1. The van der Waals surface area contributed by atoms with Crippen LogP contribution >= 0.6 is 11.8 Å². The molecule has 1 atom stereocenters. The van der Waals surface area contributed by atoms with Crippen molar-refractivity contribution in [2.75, 3.05) is 0 Å². The van der Waals surface area contributed by atoms with Gasteiger partial charge in [-0.15, -0.1) is 5.11 Å². The fourth-order valence-electron chi connectivity index (χ4n) is 2.78. The molecule has 27 heavy (non-hydrogen) atoms. The number of aromatic amines is 1. The Morgan fingerprint density at radius 2 is 1.96 bits per heavy atom. The number of aromatic hydroxyl groups is 1. The molecule has 136 valence electrons. The van der Waals surface area contributed by atoms with Crippen molar-refractivity contribution < 1.29 is 14.3 Å². The molecule has 1 unspecified atom stereocenters. The fourth-order valence-corrected chi connectivity index (χ4v) is 3.50. The highest BCUT2D eigenvalue weighted by atomic mass is 32.2. The molecule has 4 rings (SSSR count). The summed E-state index contributed by atoms with van der Waals surface area (Å²) in [5.41, 5.74) is 5.42. The van der Waals surface area contributed by atoms with Crippen molar-refractivity contribution in [1.82, 2.24) is 10.4 Å². The average molecular weight is 383 g/mol. The Balaban J connectivity index is 1.74. The molecule has 3 aromatic rings. The van der Waals surface area contributed by atoms with Crippen molar-refractivity contribution in [1.29, 1.82) is 0 Å². The molecule has 0 bridgehead atoms. The maximum Gasteiger partial charge on any atom is 0.299 e. The van der Waals surface area contributed by atoms with Gasteiger partial charge in [0.05, 0.1) is 22.2 Å². The summed E-state index contributed by atoms with van der Waals surface area (Å²) in [5, 5.41) is 22.9. The molecular weight excluding hydrogens is 369 g/mol. The number of halogens is 1. The predicted octanol–water partition coefficient (Wildman–Crippen LogP) is 4.98. The van der Waals surface area contributed by atoms with Crippen LogP contribution in [0.3, 0.4) is 0 Å². The van der Waals surface area contributed by atoms with Gasteiger partial charge in [0.25, 0.3) is 5.24 Å². The molecule has 3 N–H and O–H groups in total. The number of nitrogens with one attached hydrogen (secondary N) is 2. The number of rotatable bonds is 3. The number of nitrogens with zero attached hydrogens (tertiary/aromatic N) is 3. The van der Waals surface area contributed by atoms with Gasteiger partial charge in [-0.2, -0.15) is 10.2 Å². The van der Waals surface area contributed by atoms with Gasteiger partial charge >= 0.3 is 0 Å². The number of carbonyl (C=O) groups excluding carboxylic acids is 1. The summed E-state index contributed by atoms with van der Waals surface area (Å²) in [6, 6.07) is 11.1. The third kappa shape index (κ3) is 3.41. The van der Waals surface area contributed by atoms with Gasteiger partial charge in [-0.1, -0.05) is 17.8 Å². The highest BCUT2D eigenvalue weighted by Crippen LogP contribution is 2.37. The Morgan fingerprint density at radius 3 is 2.70 bits per heavy atom. The quantitative estimate of drug-likeness (QED) is 0.556. The Kier molecular flexibility index (Phi) is 4.36. The van der Waals surface area contributed by atoms with Crippen molar-refractivity contribution in [2.45, 2.75) is 12.2 Å². The van der Waals surface area contributed by atoms with Crippen LogP contribution in [0, 0.1) is 5.82 Å². The van der Waals surface area contributed by atoms with E-state index in [2.05, 4.69) is 25.7 Å². The van der Waals surface area contributed by atoms with Gasteiger partial charge in [-0.25, -0.2) is 9.82 Å². The summed E-state index contributed by atoms with van der Waals surface area (Å²) >= 11 is 1.16. The zero-order valence-corrected chi connectivity index (χ0v) is 14.9. The average Bonchev–Trinajstić information content (AvgIpc) is 2.96. The van der Waals surface area contributed by atoms with E-state index in [1.165, 1.54) is 24.3 Å². The van der Waals surface area contributed by atoms with E-state index in [0.29, 0.717) is 16.6 Å². The molecule has 9 heteroatoms. The lowest BCUT2D eigenvalue weighted by Gasteiger charge is -2.18. The van der Waals surface area contributed by atoms with Crippen LogP contribution < -0.4 is 5.43 Å². The Labute approximate surface area is 157 Å². The first kappa shape index (κ1) is 17.2.